The van der Waals surface area contributed by atoms with Gasteiger partial charge >= 0.3 is 0 Å². The van der Waals surface area contributed by atoms with Gasteiger partial charge in [0.25, 0.3) is 0 Å². The van der Waals surface area contributed by atoms with Gasteiger partial charge in [-0.25, -0.2) is 0 Å². The maximum atomic E-state index is 5.55. The zero-order valence-electron chi connectivity index (χ0n) is 12.1. The van der Waals surface area contributed by atoms with Crippen molar-refractivity contribution in [3.05, 3.63) is 47.6 Å². The van der Waals surface area contributed by atoms with E-state index in [2.05, 4.69) is 57.3 Å². The smallest absolute Gasteiger partial charge is 0.240 e. The number of hydrogen-bond acceptors (Lipinski definition) is 4. The van der Waals surface area contributed by atoms with Crippen LogP contribution in [0.5, 0.6) is 0 Å². The highest BCUT2D eigenvalue weighted by atomic mass is 79.9. The number of ether oxygens (including phenoxy) is 1. The SMILES string of the molecule is CCC(Br)c1nc(C2(c3ccccc3)CCOCC2)no1. The Morgan fingerprint density at radius 1 is 1.24 bits per heavy atom. The Morgan fingerprint density at radius 2 is 1.95 bits per heavy atom. The summed E-state index contributed by atoms with van der Waals surface area (Å²) in [5, 5.41) is 4.29. The second kappa shape index (κ2) is 6.28. The monoisotopic (exact) mass is 350 g/mol. The van der Waals surface area contributed by atoms with Gasteiger partial charge in [-0.3, -0.25) is 0 Å². The number of nitrogens with zero attached hydrogens (tertiary/aromatic N) is 2. The first-order chi connectivity index (χ1) is 10.3. The van der Waals surface area contributed by atoms with Crippen LogP contribution in [0, 0.1) is 0 Å². The van der Waals surface area contributed by atoms with E-state index in [1.54, 1.807) is 0 Å². The molecule has 0 radical (unpaired) electrons. The minimum atomic E-state index is -0.193. The summed E-state index contributed by atoms with van der Waals surface area (Å²) in [5.74, 6) is 1.44. The highest BCUT2D eigenvalue weighted by molar-refractivity contribution is 9.09. The molecule has 2 aromatic rings. The largest absolute Gasteiger partial charge is 0.381 e. The fraction of sp³-hybridized carbons (Fsp3) is 0.500. The number of benzene rings is 1. The van der Waals surface area contributed by atoms with Gasteiger partial charge in [0, 0.05) is 13.2 Å². The molecular formula is C16H19BrN2O2. The molecule has 1 unspecified atom stereocenters. The molecule has 21 heavy (non-hydrogen) atoms. The number of alkyl halides is 1. The van der Waals surface area contributed by atoms with Gasteiger partial charge in [0.15, 0.2) is 5.82 Å². The molecule has 1 aliphatic heterocycles. The van der Waals surface area contributed by atoms with Crippen LogP contribution in [-0.4, -0.2) is 23.4 Å². The van der Waals surface area contributed by atoms with Crippen LogP contribution in [0.1, 0.15) is 48.3 Å². The lowest BCUT2D eigenvalue weighted by atomic mass is 9.73. The number of rotatable bonds is 4. The van der Waals surface area contributed by atoms with Crippen LogP contribution in [0.3, 0.4) is 0 Å². The van der Waals surface area contributed by atoms with E-state index in [1.165, 1.54) is 5.56 Å². The number of aromatic nitrogens is 2. The summed E-state index contributed by atoms with van der Waals surface area (Å²) < 4.78 is 11.0. The summed E-state index contributed by atoms with van der Waals surface area (Å²) in [5.41, 5.74) is 1.05. The molecule has 1 atom stereocenters. The van der Waals surface area contributed by atoms with Gasteiger partial charge in [-0.1, -0.05) is 58.3 Å². The van der Waals surface area contributed by atoms with Gasteiger partial charge in [0.05, 0.1) is 10.2 Å². The maximum absolute atomic E-state index is 5.55. The van der Waals surface area contributed by atoms with E-state index in [1.807, 2.05) is 6.07 Å². The van der Waals surface area contributed by atoms with Gasteiger partial charge in [0.1, 0.15) is 0 Å². The summed E-state index contributed by atoms with van der Waals surface area (Å²) in [7, 11) is 0. The van der Waals surface area contributed by atoms with Crippen LogP contribution in [0.4, 0.5) is 0 Å². The van der Waals surface area contributed by atoms with Crippen LogP contribution in [0.25, 0.3) is 0 Å². The molecule has 1 saturated heterocycles. The summed E-state index contributed by atoms with van der Waals surface area (Å²) in [6, 6.07) is 10.4. The summed E-state index contributed by atoms with van der Waals surface area (Å²) >= 11 is 3.58. The predicted molar refractivity (Wildman–Crippen MR) is 83.5 cm³/mol. The van der Waals surface area contributed by atoms with Crippen LogP contribution >= 0.6 is 15.9 Å². The van der Waals surface area contributed by atoms with Crippen molar-refractivity contribution < 1.29 is 9.26 Å². The van der Waals surface area contributed by atoms with Crippen molar-refractivity contribution in [1.29, 1.82) is 0 Å². The minimum Gasteiger partial charge on any atom is -0.381 e. The fourth-order valence-electron chi connectivity index (χ4n) is 2.85. The Kier molecular flexibility index (Phi) is 4.40. The van der Waals surface area contributed by atoms with Crippen LogP contribution in [0.15, 0.2) is 34.9 Å². The molecule has 2 heterocycles. The molecule has 1 aliphatic rings. The van der Waals surface area contributed by atoms with Crippen molar-refractivity contribution in [3.8, 4) is 0 Å². The van der Waals surface area contributed by atoms with E-state index >= 15 is 0 Å². The lowest BCUT2D eigenvalue weighted by molar-refractivity contribution is 0.0597. The second-order valence-corrected chi connectivity index (χ2v) is 6.50. The predicted octanol–water partition coefficient (Wildman–Crippen LogP) is 4.01. The zero-order chi connectivity index (χ0) is 14.7. The van der Waals surface area contributed by atoms with E-state index < -0.39 is 0 Å². The molecule has 0 bridgehead atoms. The zero-order valence-corrected chi connectivity index (χ0v) is 13.7. The Labute approximate surface area is 133 Å². The average Bonchev–Trinajstić information content (AvgIpc) is 3.06. The Bertz CT molecular complexity index is 579. The van der Waals surface area contributed by atoms with Crippen molar-refractivity contribution in [1.82, 2.24) is 10.1 Å². The van der Waals surface area contributed by atoms with E-state index in [0.29, 0.717) is 5.89 Å². The minimum absolute atomic E-state index is 0.117. The Hall–Kier alpha value is -1.20. The third kappa shape index (κ3) is 2.77. The molecule has 1 aromatic heterocycles. The van der Waals surface area contributed by atoms with Gasteiger partial charge < -0.3 is 9.26 Å². The maximum Gasteiger partial charge on any atom is 0.240 e. The Balaban J connectivity index is 2.02. The number of halogens is 1. The topological polar surface area (TPSA) is 48.2 Å². The highest BCUT2D eigenvalue weighted by Crippen LogP contribution is 2.40. The van der Waals surface area contributed by atoms with Crippen molar-refractivity contribution in [2.24, 2.45) is 0 Å². The van der Waals surface area contributed by atoms with Gasteiger partial charge in [-0.05, 0) is 24.8 Å². The molecule has 0 saturated carbocycles. The normalized spacial score (nSPS) is 19.3. The van der Waals surface area contributed by atoms with Crippen LogP contribution in [-0.2, 0) is 10.2 Å². The molecular weight excluding hydrogens is 332 g/mol. The average molecular weight is 351 g/mol. The van der Waals surface area contributed by atoms with Crippen molar-refractivity contribution in [3.63, 3.8) is 0 Å². The van der Waals surface area contributed by atoms with E-state index in [-0.39, 0.29) is 10.2 Å². The van der Waals surface area contributed by atoms with Gasteiger partial charge in [0.2, 0.25) is 5.89 Å². The quantitative estimate of drug-likeness (QED) is 0.781. The first-order valence-corrected chi connectivity index (χ1v) is 8.29. The van der Waals surface area contributed by atoms with Crippen LogP contribution < -0.4 is 0 Å². The highest BCUT2D eigenvalue weighted by Gasteiger charge is 2.40. The van der Waals surface area contributed by atoms with E-state index in [0.717, 1.165) is 38.3 Å². The molecule has 0 aliphatic carbocycles. The first-order valence-electron chi connectivity index (χ1n) is 7.37. The number of hydrogen-bond donors (Lipinski definition) is 0. The van der Waals surface area contributed by atoms with Gasteiger partial charge in [-0.2, -0.15) is 4.98 Å². The fourth-order valence-corrected chi connectivity index (χ4v) is 3.04. The van der Waals surface area contributed by atoms with E-state index in [9.17, 15) is 0 Å². The third-order valence-electron chi connectivity index (χ3n) is 4.17. The van der Waals surface area contributed by atoms with Crippen molar-refractivity contribution in [2.75, 3.05) is 13.2 Å². The molecule has 4 nitrogen and oxygen atoms in total. The summed E-state index contributed by atoms with van der Waals surface area (Å²) in [6.45, 7) is 3.54. The summed E-state index contributed by atoms with van der Waals surface area (Å²) in [6.07, 6.45) is 2.69. The molecule has 3 rings (SSSR count). The molecule has 0 spiro atoms. The summed E-state index contributed by atoms with van der Waals surface area (Å²) in [4.78, 5) is 4.79. The molecule has 112 valence electrons. The first kappa shape index (κ1) is 14.7. The van der Waals surface area contributed by atoms with Crippen molar-refractivity contribution in [2.45, 2.75) is 36.4 Å². The molecule has 5 heteroatoms. The standard InChI is InChI=1S/C16H19BrN2O2/c1-2-13(17)14-18-15(19-21-14)16(8-10-20-11-9-16)12-6-4-3-5-7-12/h3-7,13H,2,8-11H2,1H3. The molecule has 1 aromatic carbocycles. The lowest BCUT2D eigenvalue weighted by Gasteiger charge is -2.34. The van der Waals surface area contributed by atoms with Gasteiger partial charge in [-0.15, -0.1) is 0 Å². The Morgan fingerprint density at radius 3 is 2.62 bits per heavy atom. The van der Waals surface area contributed by atoms with E-state index in [4.69, 9.17) is 9.26 Å². The second-order valence-electron chi connectivity index (χ2n) is 5.39. The molecule has 0 amide bonds. The van der Waals surface area contributed by atoms with Crippen molar-refractivity contribution >= 4 is 15.9 Å². The molecule has 1 fully saturated rings. The third-order valence-corrected chi connectivity index (χ3v) is 5.21. The lowest BCUT2D eigenvalue weighted by Crippen LogP contribution is -2.36. The van der Waals surface area contributed by atoms with Crippen LogP contribution in [0.2, 0.25) is 0 Å². The molecule has 0 N–H and O–H groups in total.